The summed E-state index contributed by atoms with van der Waals surface area (Å²) in [5, 5.41) is 19.8. The lowest BCUT2D eigenvalue weighted by Crippen LogP contribution is -1.94. The van der Waals surface area contributed by atoms with Crippen molar-refractivity contribution in [3.63, 3.8) is 0 Å². The van der Waals surface area contributed by atoms with Gasteiger partial charge in [0.15, 0.2) is 0 Å². The third-order valence-corrected chi connectivity index (χ3v) is 3.15. The first-order valence-corrected chi connectivity index (χ1v) is 5.45. The molecule has 0 amide bonds. The van der Waals surface area contributed by atoms with Crippen molar-refractivity contribution in [1.29, 1.82) is 10.5 Å². The molecule has 0 saturated heterocycles. The number of anilines is 1. The molecule has 0 aliphatic heterocycles. The zero-order valence-electron chi connectivity index (χ0n) is 7.76. The molecule has 0 bridgehead atoms. The second kappa shape index (κ2) is 5.69. The number of nitriles is 2. The Bertz CT molecular complexity index is 512. The van der Waals surface area contributed by atoms with Crippen molar-refractivity contribution in [3.05, 3.63) is 38.3 Å². The summed E-state index contributed by atoms with van der Waals surface area (Å²) in [5.41, 5.74) is 0.0289. The van der Waals surface area contributed by atoms with E-state index < -0.39 is 5.82 Å². The van der Waals surface area contributed by atoms with E-state index >= 15 is 0 Å². The van der Waals surface area contributed by atoms with E-state index in [9.17, 15) is 4.39 Å². The van der Waals surface area contributed by atoms with Crippen LogP contribution in [0.15, 0.2) is 23.9 Å². The van der Waals surface area contributed by atoms with Gasteiger partial charge in [0.25, 0.3) is 0 Å². The zero-order valence-corrected chi connectivity index (χ0v) is 10.7. The summed E-state index contributed by atoms with van der Waals surface area (Å²) >= 11 is 7.66. The quantitative estimate of drug-likeness (QED) is 0.506. The number of hydrogen-bond acceptors (Lipinski definition) is 3. The fourth-order valence-electron chi connectivity index (χ4n) is 0.873. The minimum Gasteiger partial charge on any atom is -0.357 e. The van der Waals surface area contributed by atoms with Gasteiger partial charge in [-0.15, -0.1) is 0 Å². The van der Waals surface area contributed by atoms with Gasteiger partial charge in [-0.25, -0.2) is 4.39 Å². The zero-order chi connectivity index (χ0) is 12.1. The highest BCUT2D eigenvalue weighted by Gasteiger charge is 2.05. The van der Waals surface area contributed by atoms with Gasteiger partial charge in [-0.2, -0.15) is 10.5 Å². The van der Waals surface area contributed by atoms with Crippen LogP contribution in [0.25, 0.3) is 0 Å². The Labute approximate surface area is 110 Å². The van der Waals surface area contributed by atoms with Gasteiger partial charge in [-0.05, 0) is 34.7 Å². The van der Waals surface area contributed by atoms with Crippen LogP contribution in [-0.4, -0.2) is 0 Å². The van der Waals surface area contributed by atoms with Crippen LogP contribution in [0.3, 0.4) is 0 Å². The molecule has 0 saturated carbocycles. The summed E-state index contributed by atoms with van der Waals surface area (Å²) in [7, 11) is 0. The molecule has 1 aromatic carbocycles. The lowest BCUT2D eigenvalue weighted by Gasteiger charge is -2.04. The lowest BCUT2D eigenvalue weighted by atomic mass is 10.3. The molecule has 0 aliphatic rings. The standard InChI is InChI=1S/C10H4ClFIN3/c11-7-1-8(12)10(2-9(7)13)16-5-6(3-14)4-15/h1-2,5,16H. The molecule has 0 radical (unpaired) electrons. The van der Waals surface area contributed by atoms with Crippen LogP contribution in [-0.2, 0) is 0 Å². The van der Waals surface area contributed by atoms with Gasteiger partial charge in [0.05, 0.1) is 10.7 Å². The molecule has 0 atom stereocenters. The van der Waals surface area contributed by atoms with Crippen molar-refractivity contribution in [2.75, 3.05) is 5.32 Å². The topological polar surface area (TPSA) is 59.6 Å². The number of nitrogens with zero attached hydrogens (tertiary/aromatic N) is 2. The summed E-state index contributed by atoms with van der Waals surface area (Å²) in [6, 6.07) is 5.96. The Morgan fingerprint density at radius 1 is 1.44 bits per heavy atom. The summed E-state index contributed by atoms with van der Waals surface area (Å²) < 4.78 is 14.0. The first kappa shape index (κ1) is 12.8. The number of hydrogen-bond donors (Lipinski definition) is 1. The third kappa shape index (κ3) is 3.09. The van der Waals surface area contributed by atoms with Crippen molar-refractivity contribution < 1.29 is 4.39 Å². The van der Waals surface area contributed by atoms with E-state index in [-0.39, 0.29) is 11.3 Å². The van der Waals surface area contributed by atoms with Crippen molar-refractivity contribution in [3.8, 4) is 12.1 Å². The molecule has 3 nitrogen and oxygen atoms in total. The molecule has 0 fully saturated rings. The van der Waals surface area contributed by atoms with Crippen molar-refractivity contribution in [2.45, 2.75) is 0 Å². The highest BCUT2D eigenvalue weighted by Crippen LogP contribution is 2.25. The van der Waals surface area contributed by atoms with Crippen LogP contribution in [0, 0.1) is 32.0 Å². The highest BCUT2D eigenvalue weighted by atomic mass is 127. The van der Waals surface area contributed by atoms with E-state index in [1.807, 2.05) is 22.6 Å². The molecule has 6 heteroatoms. The van der Waals surface area contributed by atoms with Gasteiger partial charge in [0, 0.05) is 9.77 Å². The summed E-state index contributed by atoms with van der Waals surface area (Å²) in [6.07, 6.45) is 1.14. The predicted molar refractivity (Wildman–Crippen MR) is 67.1 cm³/mol. The van der Waals surface area contributed by atoms with E-state index in [0.717, 1.165) is 12.3 Å². The fourth-order valence-corrected chi connectivity index (χ4v) is 1.49. The monoisotopic (exact) mass is 347 g/mol. The number of benzene rings is 1. The van der Waals surface area contributed by atoms with Crippen molar-refractivity contribution >= 4 is 39.9 Å². The van der Waals surface area contributed by atoms with Crippen molar-refractivity contribution in [2.24, 2.45) is 0 Å². The average Bonchev–Trinajstić information content (AvgIpc) is 2.26. The van der Waals surface area contributed by atoms with Gasteiger partial charge in [0.2, 0.25) is 0 Å². The summed E-state index contributed by atoms with van der Waals surface area (Å²) in [4.78, 5) is 0. The largest absolute Gasteiger partial charge is 0.357 e. The number of rotatable bonds is 2. The number of nitrogens with one attached hydrogen (secondary N) is 1. The van der Waals surface area contributed by atoms with Crippen LogP contribution in [0.2, 0.25) is 5.02 Å². The van der Waals surface area contributed by atoms with Gasteiger partial charge in [-0.1, -0.05) is 11.6 Å². The molecule has 0 aromatic heterocycles. The summed E-state index contributed by atoms with van der Waals surface area (Å²) in [5.74, 6) is -0.545. The van der Waals surface area contributed by atoms with Crippen LogP contribution < -0.4 is 5.32 Å². The molecule has 0 aliphatic carbocycles. The normalized spacial score (nSPS) is 8.81. The van der Waals surface area contributed by atoms with E-state index in [1.54, 1.807) is 12.1 Å². The van der Waals surface area contributed by atoms with E-state index in [0.29, 0.717) is 8.59 Å². The maximum atomic E-state index is 13.3. The molecule has 0 unspecified atom stereocenters. The van der Waals surface area contributed by atoms with Crippen LogP contribution in [0.1, 0.15) is 0 Å². The minimum absolute atomic E-state index is 0.135. The van der Waals surface area contributed by atoms with Gasteiger partial charge >= 0.3 is 0 Å². The van der Waals surface area contributed by atoms with Crippen LogP contribution in [0.4, 0.5) is 10.1 Å². The highest BCUT2D eigenvalue weighted by molar-refractivity contribution is 14.1. The maximum absolute atomic E-state index is 13.3. The molecule has 1 aromatic rings. The second-order valence-electron chi connectivity index (χ2n) is 2.67. The van der Waals surface area contributed by atoms with Gasteiger partial charge < -0.3 is 5.32 Å². The Balaban J connectivity index is 3.01. The molecule has 16 heavy (non-hydrogen) atoms. The maximum Gasteiger partial charge on any atom is 0.148 e. The molecular formula is C10H4ClFIN3. The number of halogens is 3. The van der Waals surface area contributed by atoms with Crippen LogP contribution >= 0.6 is 34.2 Å². The molecule has 0 spiro atoms. The molecule has 80 valence electrons. The second-order valence-corrected chi connectivity index (χ2v) is 4.24. The minimum atomic E-state index is -0.545. The predicted octanol–water partition coefficient (Wildman–Crippen LogP) is 3.43. The SMILES string of the molecule is N#CC(C#N)=CNc1cc(I)c(Cl)cc1F. The first-order valence-electron chi connectivity index (χ1n) is 4.00. The smallest absolute Gasteiger partial charge is 0.148 e. The van der Waals surface area contributed by atoms with Gasteiger partial charge in [0.1, 0.15) is 23.5 Å². The Morgan fingerprint density at radius 2 is 2.06 bits per heavy atom. The molecule has 1 rings (SSSR count). The number of allylic oxidation sites excluding steroid dienone is 1. The average molecular weight is 348 g/mol. The van der Waals surface area contributed by atoms with E-state index in [2.05, 4.69) is 5.32 Å². The Morgan fingerprint density at radius 3 is 2.62 bits per heavy atom. The molecule has 0 heterocycles. The van der Waals surface area contributed by atoms with Gasteiger partial charge in [-0.3, -0.25) is 0 Å². The Kier molecular flexibility index (Phi) is 4.53. The van der Waals surface area contributed by atoms with Crippen LogP contribution in [0.5, 0.6) is 0 Å². The van der Waals surface area contributed by atoms with E-state index in [1.165, 1.54) is 6.07 Å². The molecular weight excluding hydrogens is 343 g/mol. The fraction of sp³-hybridized carbons (Fsp3) is 0. The van der Waals surface area contributed by atoms with Crippen molar-refractivity contribution in [1.82, 2.24) is 0 Å². The van der Waals surface area contributed by atoms with E-state index in [4.69, 9.17) is 22.1 Å². The molecule has 1 N–H and O–H groups in total. The Hall–Kier alpha value is -1.31. The lowest BCUT2D eigenvalue weighted by molar-refractivity contribution is 0.631. The first-order chi connectivity index (χ1) is 7.58. The third-order valence-electron chi connectivity index (χ3n) is 1.62. The summed E-state index contributed by atoms with van der Waals surface area (Å²) in [6.45, 7) is 0.